The van der Waals surface area contributed by atoms with Gasteiger partial charge in [0, 0.05) is 17.7 Å². The normalized spacial score (nSPS) is 12.9. The maximum atomic E-state index is 12.5. The highest BCUT2D eigenvalue weighted by Crippen LogP contribution is 2.27. The number of rotatable bonds is 7. The molecular formula is C16H20F3N3O2. The molecule has 24 heavy (non-hydrogen) atoms. The molecule has 0 aliphatic heterocycles. The fourth-order valence-corrected chi connectivity index (χ4v) is 2.37. The van der Waals surface area contributed by atoms with Crippen molar-refractivity contribution in [2.24, 2.45) is 0 Å². The first-order valence-electron chi connectivity index (χ1n) is 7.49. The van der Waals surface area contributed by atoms with Gasteiger partial charge in [0.25, 0.3) is 0 Å². The molecule has 2 aromatic rings. The number of hydrogen-bond acceptors (Lipinski definition) is 4. The molecule has 1 aromatic heterocycles. The molecule has 0 aliphatic carbocycles. The van der Waals surface area contributed by atoms with Gasteiger partial charge in [0.2, 0.25) is 0 Å². The van der Waals surface area contributed by atoms with Crippen LogP contribution in [0.2, 0.25) is 0 Å². The first-order chi connectivity index (χ1) is 11.3. The summed E-state index contributed by atoms with van der Waals surface area (Å²) >= 11 is 0. The second-order valence-corrected chi connectivity index (χ2v) is 5.46. The first kappa shape index (κ1) is 18.1. The van der Waals surface area contributed by atoms with Crippen LogP contribution in [-0.4, -0.2) is 40.8 Å². The molecule has 5 nitrogen and oxygen atoms in total. The Morgan fingerprint density at radius 3 is 2.71 bits per heavy atom. The van der Waals surface area contributed by atoms with Crippen LogP contribution >= 0.6 is 0 Å². The lowest BCUT2D eigenvalue weighted by Crippen LogP contribution is -2.25. The Bertz CT molecular complexity index is 671. The number of hydrogen-bond donors (Lipinski definition) is 2. The van der Waals surface area contributed by atoms with E-state index in [1.807, 2.05) is 6.07 Å². The van der Waals surface area contributed by atoms with Crippen molar-refractivity contribution in [2.45, 2.75) is 32.1 Å². The summed E-state index contributed by atoms with van der Waals surface area (Å²) in [6.45, 7) is 1.47. The second-order valence-electron chi connectivity index (χ2n) is 5.46. The smallest absolute Gasteiger partial charge is 0.391 e. The molecule has 0 saturated heterocycles. The van der Waals surface area contributed by atoms with E-state index in [2.05, 4.69) is 10.4 Å². The highest BCUT2D eigenvalue weighted by Gasteiger charge is 2.30. The minimum atomic E-state index is -4.25. The molecule has 132 valence electrons. The van der Waals surface area contributed by atoms with Crippen LogP contribution in [-0.2, 0) is 6.54 Å². The number of halogens is 3. The zero-order chi connectivity index (χ0) is 17.7. The minimum Gasteiger partial charge on any atom is -0.497 e. The van der Waals surface area contributed by atoms with E-state index < -0.39 is 18.6 Å². The molecule has 0 bridgehead atoms. The molecule has 0 saturated carbocycles. The van der Waals surface area contributed by atoms with E-state index in [9.17, 15) is 13.2 Å². The van der Waals surface area contributed by atoms with Gasteiger partial charge < -0.3 is 15.2 Å². The van der Waals surface area contributed by atoms with Crippen molar-refractivity contribution in [3.05, 3.63) is 30.3 Å². The average molecular weight is 343 g/mol. The summed E-state index contributed by atoms with van der Waals surface area (Å²) in [6.07, 6.45) is -5.20. The summed E-state index contributed by atoms with van der Waals surface area (Å²) in [7, 11) is 1.55. The van der Waals surface area contributed by atoms with Crippen LogP contribution in [0.5, 0.6) is 5.75 Å². The Labute approximate surface area is 138 Å². The highest BCUT2D eigenvalue weighted by atomic mass is 19.4. The number of benzene rings is 1. The summed E-state index contributed by atoms with van der Waals surface area (Å²) in [6, 6.07) is 8.07. The van der Waals surface area contributed by atoms with Gasteiger partial charge in [0.05, 0.1) is 32.4 Å². The number of nitrogens with one attached hydrogen (secondary N) is 1. The molecular weight excluding hydrogens is 323 g/mol. The Balaban J connectivity index is 2.26. The van der Waals surface area contributed by atoms with Gasteiger partial charge in [-0.25, -0.2) is 4.68 Å². The van der Waals surface area contributed by atoms with Crippen LogP contribution < -0.4 is 10.1 Å². The number of ether oxygens (including phenoxy) is 1. The number of anilines is 1. The van der Waals surface area contributed by atoms with Crippen molar-refractivity contribution in [3.8, 4) is 17.0 Å². The van der Waals surface area contributed by atoms with Crippen LogP contribution in [0.25, 0.3) is 11.3 Å². The van der Waals surface area contributed by atoms with Crippen molar-refractivity contribution < 1.29 is 23.0 Å². The van der Waals surface area contributed by atoms with Gasteiger partial charge in [0.1, 0.15) is 11.6 Å². The molecule has 1 heterocycles. The Morgan fingerprint density at radius 2 is 2.08 bits per heavy atom. The largest absolute Gasteiger partial charge is 0.497 e. The van der Waals surface area contributed by atoms with Crippen LogP contribution in [0.3, 0.4) is 0 Å². The predicted molar refractivity (Wildman–Crippen MR) is 85.1 cm³/mol. The molecule has 0 spiro atoms. The lowest BCUT2D eigenvalue weighted by Gasteiger charge is -2.17. The van der Waals surface area contributed by atoms with Crippen molar-refractivity contribution in [3.63, 3.8) is 0 Å². The van der Waals surface area contributed by atoms with Crippen molar-refractivity contribution in [2.75, 3.05) is 19.0 Å². The summed E-state index contributed by atoms with van der Waals surface area (Å²) in [5.41, 5.74) is 1.36. The second kappa shape index (κ2) is 7.57. The van der Waals surface area contributed by atoms with E-state index in [4.69, 9.17) is 9.84 Å². The molecule has 0 fully saturated rings. The number of aliphatic hydroxyl groups is 1. The number of aromatic nitrogens is 2. The van der Waals surface area contributed by atoms with Crippen LogP contribution in [0.1, 0.15) is 13.3 Å². The van der Waals surface area contributed by atoms with Gasteiger partial charge in [0.15, 0.2) is 0 Å². The highest BCUT2D eigenvalue weighted by molar-refractivity contribution is 5.64. The third-order valence-corrected chi connectivity index (χ3v) is 3.39. The van der Waals surface area contributed by atoms with Gasteiger partial charge >= 0.3 is 6.18 Å². The summed E-state index contributed by atoms with van der Waals surface area (Å²) < 4.78 is 44.1. The maximum Gasteiger partial charge on any atom is 0.391 e. The van der Waals surface area contributed by atoms with Gasteiger partial charge in [-0.1, -0.05) is 12.1 Å². The third-order valence-electron chi connectivity index (χ3n) is 3.39. The average Bonchev–Trinajstić information content (AvgIpc) is 2.88. The SMILES string of the molecule is COc1cccc(-c2cc(NC(C)CC(F)(F)F)n(CCO)n2)c1. The molecule has 8 heteroatoms. The van der Waals surface area contributed by atoms with E-state index in [1.54, 1.807) is 31.4 Å². The monoisotopic (exact) mass is 343 g/mol. The van der Waals surface area contributed by atoms with E-state index in [-0.39, 0.29) is 13.2 Å². The summed E-state index contributed by atoms with van der Waals surface area (Å²) in [5.74, 6) is 1.09. The minimum absolute atomic E-state index is 0.165. The topological polar surface area (TPSA) is 59.3 Å². The molecule has 0 radical (unpaired) electrons. The van der Waals surface area contributed by atoms with Gasteiger partial charge in [-0.2, -0.15) is 18.3 Å². The lowest BCUT2D eigenvalue weighted by atomic mass is 10.1. The van der Waals surface area contributed by atoms with Crippen molar-refractivity contribution in [1.29, 1.82) is 0 Å². The third kappa shape index (κ3) is 4.89. The maximum absolute atomic E-state index is 12.5. The molecule has 2 rings (SSSR count). The molecule has 1 aromatic carbocycles. The van der Waals surface area contributed by atoms with Crippen LogP contribution in [0.15, 0.2) is 30.3 Å². The van der Waals surface area contributed by atoms with E-state index in [1.165, 1.54) is 11.6 Å². The zero-order valence-electron chi connectivity index (χ0n) is 13.5. The van der Waals surface area contributed by atoms with E-state index in [0.717, 1.165) is 5.56 Å². The molecule has 0 amide bonds. The Morgan fingerprint density at radius 1 is 1.33 bits per heavy atom. The number of alkyl halides is 3. The molecule has 0 aliphatic rings. The Kier molecular flexibility index (Phi) is 5.71. The van der Waals surface area contributed by atoms with E-state index in [0.29, 0.717) is 17.3 Å². The van der Waals surface area contributed by atoms with Crippen LogP contribution in [0, 0.1) is 0 Å². The fourth-order valence-electron chi connectivity index (χ4n) is 2.37. The Hall–Kier alpha value is -2.22. The van der Waals surface area contributed by atoms with Crippen LogP contribution in [0.4, 0.5) is 19.0 Å². The predicted octanol–water partition coefficient (Wildman–Crippen LogP) is 3.30. The van der Waals surface area contributed by atoms with Gasteiger partial charge in [-0.3, -0.25) is 0 Å². The standard InChI is InChI=1S/C16H20F3N3O2/c1-11(10-16(17,18)19)20-15-9-14(21-22(15)6-7-23)12-4-3-5-13(8-12)24-2/h3-5,8-9,11,20,23H,6-7,10H2,1-2H3. The lowest BCUT2D eigenvalue weighted by molar-refractivity contribution is -0.136. The summed E-state index contributed by atoms with van der Waals surface area (Å²) in [5, 5.41) is 16.3. The van der Waals surface area contributed by atoms with Gasteiger partial charge in [-0.05, 0) is 19.1 Å². The van der Waals surface area contributed by atoms with Crippen molar-refractivity contribution in [1.82, 2.24) is 9.78 Å². The quantitative estimate of drug-likeness (QED) is 0.810. The summed E-state index contributed by atoms with van der Waals surface area (Å²) in [4.78, 5) is 0. The van der Waals surface area contributed by atoms with Gasteiger partial charge in [-0.15, -0.1) is 0 Å². The number of nitrogens with zero attached hydrogens (tertiary/aromatic N) is 2. The number of aliphatic hydroxyl groups excluding tert-OH is 1. The number of methoxy groups -OCH3 is 1. The molecule has 2 N–H and O–H groups in total. The van der Waals surface area contributed by atoms with E-state index >= 15 is 0 Å². The molecule has 1 unspecified atom stereocenters. The fraction of sp³-hybridized carbons (Fsp3) is 0.438. The van der Waals surface area contributed by atoms with Crippen molar-refractivity contribution >= 4 is 5.82 Å². The molecule has 1 atom stereocenters. The first-order valence-corrected chi connectivity index (χ1v) is 7.49. The zero-order valence-corrected chi connectivity index (χ0v) is 13.5.